The number of nitrogens with zero attached hydrogens (tertiary/aromatic N) is 1. The number of likely N-dealkylation sites (N-methyl/N-ethyl adjacent to an activating group) is 1. The smallest absolute Gasteiger partial charge is 0.0473 e. The Morgan fingerprint density at radius 3 is 2.71 bits per heavy atom. The van der Waals surface area contributed by atoms with Crippen LogP contribution in [0, 0.1) is 0 Å². The first kappa shape index (κ1) is 9.32. The molecule has 0 amide bonds. The molecule has 1 atom stereocenters. The summed E-state index contributed by atoms with van der Waals surface area (Å²) in [5, 5.41) is 0. The molecule has 2 rings (SSSR count). The fourth-order valence-corrected chi connectivity index (χ4v) is 2.15. The lowest BCUT2D eigenvalue weighted by Crippen LogP contribution is -2.35. The first-order valence-corrected chi connectivity index (χ1v) is 5.40. The summed E-state index contributed by atoms with van der Waals surface area (Å²) in [6.07, 6.45) is 5.74. The fraction of sp³-hybridized carbons (Fsp3) is 0.385. The molecule has 14 heavy (non-hydrogen) atoms. The highest BCUT2D eigenvalue weighted by atomic mass is 15.2. The Balaban J connectivity index is 2.42. The van der Waals surface area contributed by atoms with Gasteiger partial charge < -0.3 is 4.90 Å². The van der Waals surface area contributed by atoms with Gasteiger partial charge in [-0.2, -0.15) is 0 Å². The molecule has 0 aromatic heterocycles. The lowest BCUT2D eigenvalue weighted by atomic mass is 10.0. The van der Waals surface area contributed by atoms with E-state index in [2.05, 4.69) is 55.2 Å². The van der Waals surface area contributed by atoms with Crippen molar-refractivity contribution in [3.8, 4) is 0 Å². The number of benzene rings is 1. The highest BCUT2D eigenvalue weighted by Crippen LogP contribution is 2.29. The first-order valence-electron chi connectivity index (χ1n) is 5.40. The largest absolute Gasteiger partial charge is 0.365 e. The molecule has 0 aliphatic carbocycles. The zero-order valence-corrected chi connectivity index (χ0v) is 8.90. The van der Waals surface area contributed by atoms with Crippen LogP contribution in [0.25, 0.3) is 6.08 Å². The van der Waals surface area contributed by atoms with Crippen molar-refractivity contribution in [2.75, 3.05) is 11.4 Å². The molecule has 1 heteroatoms. The van der Waals surface area contributed by atoms with E-state index in [1.807, 2.05) is 0 Å². The van der Waals surface area contributed by atoms with Gasteiger partial charge in [0.15, 0.2) is 0 Å². The number of anilines is 1. The van der Waals surface area contributed by atoms with Crippen molar-refractivity contribution in [3.05, 3.63) is 35.9 Å². The average molecular weight is 187 g/mol. The second-order valence-corrected chi connectivity index (χ2v) is 3.68. The fourth-order valence-electron chi connectivity index (χ4n) is 2.15. The normalized spacial score (nSPS) is 19.6. The summed E-state index contributed by atoms with van der Waals surface area (Å²) in [4.78, 5) is 2.47. The van der Waals surface area contributed by atoms with Gasteiger partial charge in [-0.05, 0) is 25.0 Å². The summed E-state index contributed by atoms with van der Waals surface area (Å²) in [6, 6.07) is 9.19. The number of para-hydroxylation sites is 1. The van der Waals surface area contributed by atoms with Gasteiger partial charge in [0.2, 0.25) is 0 Å². The molecule has 74 valence electrons. The average Bonchev–Trinajstić information content (AvgIpc) is 2.27. The molecule has 1 heterocycles. The van der Waals surface area contributed by atoms with E-state index in [4.69, 9.17) is 0 Å². The molecule has 0 radical (unpaired) electrons. The molecular formula is C13H17N. The Kier molecular flexibility index (Phi) is 2.58. The number of hydrogen-bond donors (Lipinski definition) is 0. The van der Waals surface area contributed by atoms with Crippen molar-refractivity contribution in [1.29, 1.82) is 0 Å². The summed E-state index contributed by atoms with van der Waals surface area (Å²) in [7, 11) is 0. The number of hydrogen-bond acceptors (Lipinski definition) is 1. The van der Waals surface area contributed by atoms with E-state index < -0.39 is 0 Å². The van der Waals surface area contributed by atoms with Crippen LogP contribution in [-0.2, 0) is 0 Å². The monoisotopic (exact) mass is 187 g/mol. The third-order valence-electron chi connectivity index (χ3n) is 2.90. The van der Waals surface area contributed by atoms with Gasteiger partial charge in [-0.3, -0.25) is 0 Å². The highest BCUT2D eigenvalue weighted by Gasteiger charge is 2.18. The van der Waals surface area contributed by atoms with Gasteiger partial charge in [0.25, 0.3) is 0 Å². The Labute approximate surface area is 86.1 Å². The molecule has 0 bridgehead atoms. The van der Waals surface area contributed by atoms with Crippen molar-refractivity contribution in [2.45, 2.75) is 26.3 Å². The molecule has 1 aromatic rings. The molecule has 0 N–H and O–H groups in total. The standard InChI is InChI=1S/C13H17N/c1-3-12-10-9-11-7-5-6-8-13(11)14(12)4-2/h5-10,12H,3-4H2,1-2H3. The van der Waals surface area contributed by atoms with Crippen molar-refractivity contribution in [1.82, 2.24) is 0 Å². The summed E-state index contributed by atoms with van der Waals surface area (Å²) in [5.74, 6) is 0. The third kappa shape index (κ3) is 1.43. The van der Waals surface area contributed by atoms with E-state index in [9.17, 15) is 0 Å². The molecule has 1 nitrogen and oxygen atoms in total. The topological polar surface area (TPSA) is 3.24 Å². The zero-order chi connectivity index (χ0) is 9.97. The molecule has 0 saturated heterocycles. The van der Waals surface area contributed by atoms with Crippen molar-refractivity contribution < 1.29 is 0 Å². The molecule has 1 aliphatic rings. The highest BCUT2D eigenvalue weighted by molar-refractivity contribution is 5.72. The second-order valence-electron chi connectivity index (χ2n) is 3.68. The van der Waals surface area contributed by atoms with Crippen LogP contribution >= 0.6 is 0 Å². The van der Waals surface area contributed by atoms with Gasteiger partial charge in [-0.1, -0.05) is 37.3 Å². The number of rotatable bonds is 2. The van der Waals surface area contributed by atoms with E-state index in [0.29, 0.717) is 6.04 Å². The van der Waals surface area contributed by atoms with Crippen LogP contribution in [0.3, 0.4) is 0 Å². The van der Waals surface area contributed by atoms with Crippen LogP contribution in [0.1, 0.15) is 25.8 Å². The Hall–Kier alpha value is -1.24. The second kappa shape index (κ2) is 3.87. The summed E-state index contributed by atoms with van der Waals surface area (Å²) in [5.41, 5.74) is 2.73. The lowest BCUT2D eigenvalue weighted by Gasteiger charge is -2.34. The van der Waals surface area contributed by atoms with Crippen molar-refractivity contribution >= 4 is 11.8 Å². The van der Waals surface area contributed by atoms with Crippen LogP contribution in [0.15, 0.2) is 30.3 Å². The van der Waals surface area contributed by atoms with E-state index >= 15 is 0 Å². The predicted octanol–water partition coefficient (Wildman–Crippen LogP) is 3.32. The minimum atomic E-state index is 0.579. The van der Waals surface area contributed by atoms with Crippen LogP contribution < -0.4 is 4.90 Å². The van der Waals surface area contributed by atoms with Crippen molar-refractivity contribution in [2.24, 2.45) is 0 Å². The van der Waals surface area contributed by atoms with E-state index in [1.165, 1.54) is 17.7 Å². The van der Waals surface area contributed by atoms with Crippen LogP contribution in [0.2, 0.25) is 0 Å². The van der Waals surface area contributed by atoms with Crippen molar-refractivity contribution in [3.63, 3.8) is 0 Å². The maximum Gasteiger partial charge on any atom is 0.0473 e. The van der Waals surface area contributed by atoms with Crippen LogP contribution in [0.4, 0.5) is 5.69 Å². The molecular weight excluding hydrogens is 170 g/mol. The third-order valence-corrected chi connectivity index (χ3v) is 2.90. The number of fused-ring (bicyclic) bond motifs is 1. The summed E-state index contributed by atoms with van der Waals surface area (Å²) in [6.45, 7) is 5.55. The molecule has 1 aromatic carbocycles. The molecule has 0 saturated carbocycles. The SMILES string of the molecule is CCC1C=Cc2ccccc2N1CC. The van der Waals surface area contributed by atoms with E-state index in [0.717, 1.165) is 6.54 Å². The van der Waals surface area contributed by atoms with Gasteiger partial charge in [-0.25, -0.2) is 0 Å². The molecule has 0 spiro atoms. The summed E-state index contributed by atoms with van der Waals surface area (Å²) >= 11 is 0. The van der Waals surface area contributed by atoms with Gasteiger partial charge in [0.1, 0.15) is 0 Å². The Morgan fingerprint density at radius 1 is 1.21 bits per heavy atom. The Bertz CT molecular complexity index is 341. The van der Waals surface area contributed by atoms with Gasteiger partial charge >= 0.3 is 0 Å². The predicted molar refractivity (Wildman–Crippen MR) is 62.6 cm³/mol. The molecule has 1 aliphatic heterocycles. The van der Waals surface area contributed by atoms with Gasteiger partial charge in [0, 0.05) is 18.3 Å². The quantitative estimate of drug-likeness (QED) is 0.686. The van der Waals surface area contributed by atoms with E-state index in [1.54, 1.807) is 0 Å². The first-order chi connectivity index (χ1) is 6.86. The summed E-state index contributed by atoms with van der Waals surface area (Å²) < 4.78 is 0. The zero-order valence-electron chi connectivity index (χ0n) is 8.90. The van der Waals surface area contributed by atoms with E-state index in [-0.39, 0.29) is 0 Å². The maximum atomic E-state index is 2.47. The Morgan fingerprint density at radius 2 is 2.00 bits per heavy atom. The minimum absolute atomic E-state index is 0.579. The van der Waals surface area contributed by atoms with Gasteiger partial charge in [-0.15, -0.1) is 0 Å². The lowest BCUT2D eigenvalue weighted by molar-refractivity contribution is 0.678. The molecule has 1 unspecified atom stereocenters. The molecule has 0 fully saturated rings. The van der Waals surface area contributed by atoms with Gasteiger partial charge in [0.05, 0.1) is 0 Å². The maximum absolute atomic E-state index is 2.47. The van der Waals surface area contributed by atoms with Crippen LogP contribution in [0.5, 0.6) is 0 Å². The minimum Gasteiger partial charge on any atom is -0.365 e. The van der Waals surface area contributed by atoms with Crippen LogP contribution in [-0.4, -0.2) is 12.6 Å².